The Hall–Kier alpha value is -4.01. The van der Waals surface area contributed by atoms with Crippen molar-refractivity contribution in [3.05, 3.63) is 70.8 Å². The number of anilines is 2. The quantitative estimate of drug-likeness (QED) is 0.385. The third-order valence-corrected chi connectivity index (χ3v) is 5.83. The fraction of sp³-hybridized carbons (Fsp3) is 0.250. The predicted molar refractivity (Wildman–Crippen MR) is 123 cm³/mol. The Labute approximate surface area is 189 Å². The number of carboxylic acids is 1. The summed E-state index contributed by atoms with van der Waals surface area (Å²) in [6.07, 6.45) is 4.63. The monoisotopic (exact) mass is 446 g/mol. The molecule has 8 nitrogen and oxygen atoms in total. The summed E-state index contributed by atoms with van der Waals surface area (Å²) in [5, 5.41) is 20.5. The van der Waals surface area contributed by atoms with Crippen molar-refractivity contribution < 1.29 is 14.3 Å². The number of carbonyl (C=O) groups is 1. The second-order valence-corrected chi connectivity index (χ2v) is 8.34. The lowest BCUT2D eigenvalue weighted by Crippen LogP contribution is -2.10. The van der Waals surface area contributed by atoms with Crippen LogP contribution in [0.4, 0.5) is 15.9 Å². The molecule has 1 fully saturated rings. The summed E-state index contributed by atoms with van der Waals surface area (Å²) >= 11 is 0. The molecular weight excluding hydrogens is 423 g/mol. The fourth-order valence-corrected chi connectivity index (χ4v) is 3.76. The highest BCUT2D eigenvalue weighted by Gasteiger charge is 2.24. The summed E-state index contributed by atoms with van der Waals surface area (Å²) in [4.78, 5) is 20.2. The minimum absolute atomic E-state index is 0.0210. The Morgan fingerprint density at radius 2 is 1.97 bits per heavy atom. The Kier molecular flexibility index (Phi) is 5.16. The molecule has 9 heteroatoms. The largest absolute Gasteiger partial charge is 0.478 e. The van der Waals surface area contributed by atoms with Gasteiger partial charge in [0.1, 0.15) is 11.6 Å². The zero-order chi connectivity index (χ0) is 23.1. The van der Waals surface area contributed by atoms with Gasteiger partial charge in [-0.1, -0.05) is 18.2 Å². The highest BCUT2D eigenvalue weighted by atomic mass is 19.1. The van der Waals surface area contributed by atoms with Gasteiger partial charge in [0.25, 0.3) is 5.95 Å². The third kappa shape index (κ3) is 4.21. The smallest absolute Gasteiger partial charge is 0.338 e. The summed E-state index contributed by atoms with van der Waals surface area (Å²) in [5.41, 5.74) is 4.22. The molecular formula is C24H23FN6O2. The van der Waals surface area contributed by atoms with Crippen LogP contribution in [0.15, 0.2) is 42.7 Å². The Morgan fingerprint density at radius 1 is 1.21 bits per heavy atom. The van der Waals surface area contributed by atoms with E-state index in [-0.39, 0.29) is 11.5 Å². The minimum atomic E-state index is -1.09. The first-order valence-corrected chi connectivity index (χ1v) is 10.7. The van der Waals surface area contributed by atoms with Crippen LogP contribution < -0.4 is 10.6 Å². The molecule has 1 aliphatic carbocycles. The molecule has 168 valence electrons. The molecule has 0 amide bonds. The summed E-state index contributed by atoms with van der Waals surface area (Å²) in [5.74, 6) is -0.778. The molecule has 3 N–H and O–H groups in total. The molecule has 4 aromatic rings. The lowest BCUT2D eigenvalue weighted by molar-refractivity contribution is 0.0697. The van der Waals surface area contributed by atoms with Crippen LogP contribution in [-0.2, 0) is 6.54 Å². The van der Waals surface area contributed by atoms with Crippen molar-refractivity contribution in [1.29, 1.82) is 0 Å². The van der Waals surface area contributed by atoms with Crippen LogP contribution in [0.5, 0.6) is 0 Å². The number of aryl methyl sites for hydroxylation is 2. The van der Waals surface area contributed by atoms with Gasteiger partial charge in [0.15, 0.2) is 0 Å². The minimum Gasteiger partial charge on any atom is -0.478 e. The van der Waals surface area contributed by atoms with Gasteiger partial charge >= 0.3 is 5.97 Å². The van der Waals surface area contributed by atoms with E-state index >= 15 is 4.39 Å². The van der Waals surface area contributed by atoms with E-state index < -0.39 is 11.8 Å². The van der Waals surface area contributed by atoms with Crippen LogP contribution in [0.3, 0.4) is 0 Å². The lowest BCUT2D eigenvalue weighted by atomic mass is 10.0. The topological polar surface area (TPSA) is 105 Å². The lowest BCUT2D eigenvalue weighted by Gasteiger charge is -2.15. The van der Waals surface area contributed by atoms with Gasteiger partial charge in [0, 0.05) is 30.2 Å². The number of carboxylic acid groups (broad SMARTS) is 1. The van der Waals surface area contributed by atoms with E-state index in [1.54, 1.807) is 6.07 Å². The Morgan fingerprint density at radius 3 is 2.64 bits per heavy atom. The van der Waals surface area contributed by atoms with Crippen LogP contribution in [-0.4, -0.2) is 36.9 Å². The summed E-state index contributed by atoms with van der Waals surface area (Å²) in [6, 6.07) is 9.48. The van der Waals surface area contributed by atoms with Crippen LogP contribution in [0.25, 0.3) is 16.9 Å². The zero-order valence-electron chi connectivity index (χ0n) is 18.3. The molecule has 0 aliphatic heterocycles. The zero-order valence-corrected chi connectivity index (χ0v) is 18.3. The standard InChI is InChI=1S/C24H23FN6O2/c1-13-4-3-5-14(2)18(13)11-26-21-8-17-20(9-19(21)25)29-24(30-22(17)28-16-6-7-16)31-12-15(10-27-31)23(32)33/h3-5,8-10,12,16,26H,6-7,11H2,1-2H3,(H,32,33)(H,28,29,30). The molecule has 1 saturated carbocycles. The molecule has 0 bridgehead atoms. The summed E-state index contributed by atoms with van der Waals surface area (Å²) in [7, 11) is 0. The van der Waals surface area contributed by atoms with E-state index in [0.717, 1.165) is 29.5 Å². The first-order valence-electron chi connectivity index (χ1n) is 10.7. The number of fused-ring (bicyclic) bond motifs is 1. The SMILES string of the molecule is Cc1cccc(C)c1CNc1cc2c(NC3CC3)nc(-n3cc(C(=O)O)cn3)nc2cc1F. The molecule has 0 saturated heterocycles. The van der Waals surface area contributed by atoms with Crippen molar-refractivity contribution in [2.75, 3.05) is 10.6 Å². The maximum atomic E-state index is 15.0. The number of nitrogens with one attached hydrogen (secondary N) is 2. The second-order valence-electron chi connectivity index (χ2n) is 8.34. The van der Waals surface area contributed by atoms with Gasteiger partial charge in [-0.2, -0.15) is 10.1 Å². The van der Waals surface area contributed by atoms with Crippen molar-refractivity contribution in [2.24, 2.45) is 0 Å². The third-order valence-electron chi connectivity index (χ3n) is 5.83. The number of benzene rings is 2. The molecule has 0 unspecified atom stereocenters. The number of rotatable bonds is 7. The number of hydrogen-bond donors (Lipinski definition) is 3. The number of aromatic carboxylic acids is 1. The van der Waals surface area contributed by atoms with Gasteiger partial charge in [-0.25, -0.2) is 18.9 Å². The summed E-state index contributed by atoms with van der Waals surface area (Å²) < 4.78 is 16.3. The van der Waals surface area contributed by atoms with Crippen LogP contribution in [0.2, 0.25) is 0 Å². The second kappa shape index (κ2) is 8.16. The maximum Gasteiger partial charge on any atom is 0.338 e. The van der Waals surface area contributed by atoms with Gasteiger partial charge < -0.3 is 15.7 Å². The molecule has 0 radical (unpaired) electrons. The molecule has 33 heavy (non-hydrogen) atoms. The average molecular weight is 446 g/mol. The maximum absolute atomic E-state index is 15.0. The predicted octanol–water partition coefficient (Wildman–Crippen LogP) is 4.46. The molecule has 2 aromatic carbocycles. The highest BCUT2D eigenvalue weighted by molar-refractivity contribution is 5.92. The van der Waals surface area contributed by atoms with Gasteiger partial charge in [0.2, 0.25) is 0 Å². The van der Waals surface area contributed by atoms with E-state index in [2.05, 4.69) is 25.7 Å². The first-order chi connectivity index (χ1) is 15.9. The van der Waals surface area contributed by atoms with E-state index in [9.17, 15) is 4.79 Å². The number of aromatic nitrogens is 4. The van der Waals surface area contributed by atoms with Gasteiger partial charge in [-0.3, -0.25) is 0 Å². The molecule has 2 aromatic heterocycles. The van der Waals surface area contributed by atoms with Crippen molar-refractivity contribution in [2.45, 2.75) is 39.3 Å². The van der Waals surface area contributed by atoms with Gasteiger partial charge in [-0.05, 0) is 49.4 Å². The Bertz CT molecular complexity index is 1360. The molecule has 1 aliphatic rings. The van der Waals surface area contributed by atoms with Crippen molar-refractivity contribution in [3.8, 4) is 5.95 Å². The Balaban J connectivity index is 1.53. The van der Waals surface area contributed by atoms with Crippen molar-refractivity contribution >= 4 is 28.4 Å². The van der Waals surface area contributed by atoms with E-state index in [0.29, 0.717) is 35.0 Å². The average Bonchev–Trinajstić information content (AvgIpc) is 3.44. The molecule has 5 rings (SSSR count). The highest BCUT2D eigenvalue weighted by Crippen LogP contribution is 2.32. The van der Waals surface area contributed by atoms with E-state index in [1.807, 2.05) is 32.0 Å². The van der Waals surface area contributed by atoms with Crippen molar-refractivity contribution in [3.63, 3.8) is 0 Å². The van der Waals surface area contributed by atoms with Crippen molar-refractivity contribution in [1.82, 2.24) is 19.7 Å². The number of halogens is 1. The number of hydrogen-bond acceptors (Lipinski definition) is 6. The molecule has 2 heterocycles. The summed E-state index contributed by atoms with van der Waals surface area (Å²) in [6.45, 7) is 4.58. The van der Waals surface area contributed by atoms with Crippen LogP contribution >= 0.6 is 0 Å². The van der Waals surface area contributed by atoms with Gasteiger partial charge in [0.05, 0.1) is 23.0 Å². The normalized spacial score (nSPS) is 13.3. The molecule has 0 atom stereocenters. The van der Waals surface area contributed by atoms with E-state index in [4.69, 9.17) is 5.11 Å². The molecule has 0 spiro atoms. The van der Waals surface area contributed by atoms with Crippen LogP contribution in [0.1, 0.15) is 39.9 Å². The van der Waals surface area contributed by atoms with E-state index in [1.165, 1.54) is 23.1 Å². The van der Waals surface area contributed by atoms with Gasteiger partial charge in [-0.15, -0.1) is 0 Å². The van der Waals surface area contributed by atoms with Crippen LogP contribution in [0, 0.1) is 19.7 Å². The first kappa shape index (κ1) is 20.9. The fourth-order valence-electron chi connectivity index (χ4n) is 3.76. The number of nitrogens with zero attached hydrogens (tertiary/aromatic N) is 4.